The highest BCUT2D eigenvalue weighted by atomic mass is 79.9. The number of halogens is 2. The van der Waals surface area contributed by atoms with E-state index in [-0.39, 0.29) is 0 Å². The predicted octanol–water partition coefficient (Wildman–Crippen LogP) is 3.86. The second-order valence-corrected chi connectivity index (χ2v) is 1.61. The van der Waals surface area contributed by atoms with Crippen molar-refractivity contribution in [1.82, 2.24) is 0 Å². The highest BCUT2D eigenvalue weighted by Crippen LogP contribution is 1.97. The van der Waals surface area contributed by atoms with Gasteiger partial charge in [-0.2, -0.15) is 0 Å². The lowest BCUT2D eigenvalue weighted by atomic mass is 10.2. The van der Waals surface area contributed by atoms with E-state index < -0.39 is 0 Å². The second kappa shape index (κ2) is 6.84. The first-order chi connectivity index (χ1) is 4.93. The summed E-state index contributed by atoms with van der Waals surface area (Å²) in [6, 6.07) is 10.0. The van der Waals surface area contributed by atoms with Gasteiger partial charge >= 0.3 is 0 Å². The van der Waals surface area contributed by atoms with Crippen LogP contribution in [-0.2, 0) is 0 Å². The topological polar surface area (TPSA) is 0 Å². The molecular formula is C8H8BrCl. The van der Waals surface area contributed by atoms with Crippen molar-refractivity contribution < 1.29 is 0 Å². The van der Waals surface area contributed by atoms with Crippen LogP contribution in [-0.4, -0.2) is 0 Å². The molecule has 0 saturated carbocycles. The van der Waals surface area contributed by atoms with Gasteiger partial charge in [0.05, 0.1) is 0 Å². The molecule has 1 rings (SSSR count). The molecular weight excluding hydrogens is 211 g/mol. The van der Waals surface area contributed by atoms with Gasteiger partial charge in [0.2, 0.25) is 0 Å². The minimum Gasteiger partial charge on any atom is -0.0985 e. The van der Waals surface area contributed by atoms with Crippen LogP contribution in [0.5, 0.6) is 0 Å². The molecule has 0 atom stereocenters. The maximum atomic E-state index is 4.45. The average Bonchev–Trinajstić information content (AvgIpc) is 2.10. The number of benzene rings is 1. The molecule has 0 N–H and O–H groups in total. The Hall–Kier alpha value is -0.270. The minimum absolute atomic E-state index is 1.17. The summed E-state index contributed by atoms with van der Waals surface area (Å²) in [6.07, 6.45) is 1.83. The van der Waals surface area contributed by atoms with E-state index in [0.717, 1.165) is 0 Å². The van der Waals surface area contributed by atoms with Gasteiger partial charge in [-0.1, -0.05) is 43.0 Å². The summed E-state index contributed by atoms with van der Waals surface area (Å²) in [4.78, 5) is 0. The summed E-state index contributed by atoms with van der Waals surface area (Å²) in [5.74, 6) is 0. The van der Waals surface area contributed by atoms with E-state index in [1.807, 2.05) is 36.4 Å². The molecule has 2 heteroatoms. The zero-order chi connectivity index (χ0) is 7.82. The van der Waals surface area contributed by atoms with Crippen LogP contribution in [0.1, 0.15) is 5.56 Å². The molecule has 0 aromatic heterocycles. The summed E-state index contributed by atoms with van der Waals surface area (Å²) in [7, 11) is 4.45. The Kier molecular flexibility index (Phi) is 6.66. The van der Waals surface area contributed by atoms with E-state index in [1.54, 1.807) is 0 Å². The maximum Gasteiger partial charge on any atom is 0.0341 e. The van der Waals surface area contributed by atoms with Crippen molar-refractivity contribution in [3.05, 3.63) is 42.5 Å². The molecule has 1 aromatic carbocycles. The molecule has 10 heavy (non-hydrogen) atoms. The largest absolute Gasteiger partial charge is 0.0985 e. The number of hydrogen-bond acceptors (Lipinski definition) is 0. The molecule has 0 amide bonds. The molecule has 0 aliphatic heterocycles. The first-order valence-corrected chi connectivity index (χ1v) is 4.83. The van der Waals surface area contributed by atoms with Gasteiger partial charge in [0.25, 0.3) is 0 Å². The zero-order valence-electron chi connectivity index (χ0n) is 5.43. The van der Waals surface area contributed by atoms with E-state index in [2.05, 4.69) is 31.7 Å². The molecule has 0 heterocycles. The smallest absolute Gasteiger partial charge is 0.0341 e. The van der Waals surface area contributed by atoms with Crippen LogP contribution in [0, 0.1) is 0 Å². The summed E-state index contributed by atoms with van der Waals surface area (Å²) < 4.78 is 0. The molecule has 1 aromatic rings. The van der Waals surface area contributed by atoms with Gasteiger partial charge in [-0.3, -0.25) is 0 Å². The van der Waals surface area contributed by atoms with Crippen LogP contribution in [0.2, 0.25) is 0 Å². The maximum absolute atomic E-state index is 4.45. The lowest BCUT2D eigenvalue weighted by Crippen LogP contribution is -1.63. The van der Waals surface area contributed by atoms with Gasteiger partial charge in [-0.15, -0.1) is 0 Å². The minimum atomic E-state index is 1.17. The standard InChI is InChI=1S/C8H8.BrCl/c1-2-8-6-4-3-5-7-8;1-2/h2-7H,1H2;. The van der Waals surface area contributed by atoms with Crippen molar-refractivity contribution in [1.29, 1.82) is 0 Å². The van der Waals surface area contributed by atoms with Crippen LogP contribution in [0.15, 0.2) is 36.9 Å². The molecule has 0 nitrogen and oxygen atoms in total. The van der Waals surface area contributed by atoms with Crippen molar-refractivity contribution >= 4 is 31.2 Å². The average molecular weight is 220 g/mol. The first kappa shape index (κ1) is 9.73. The van der Waals surface area contributed by atoms with Crippen molar-refractivity contribution in [3.8, 4) is 0 Å². The van der Waals surface area contributed by atoms with Crippen molar-refractivity contribution in [3.63, 3.8) is 0 Å². The predicted molar refractivity (Wildman–Crippen MR) is 51.3 cm³/mol. The lowest BCUT2D eigenvalue weighted by Gasteiger charge is -1.85. The van der Waals surface area contributed by atoms with E-state index in [0.29, 0.717) is 0 Å². The molecule has 54 valence electrons. The van der Waals surface area contributed by atoms with Gasteiger partial charge < -0.3 is 0 Å². The van der Waals surface area contributed by atoms with Gasteiger partial charge in [0, 0.05) is 15.0 Å². The number of hydrogen-bond donors (Lipinski definition) is 0. The van der Waals surface area contributed by atoms with E-state index in [4.69, 9.17) is 0 Å². The van der Waals surface area contributed by atoms with Gasteiger partial charge in [0.15, 0.2) is 0 Å². The summed E-state index contributed by atoms with van der Waals surface area (Å²) in [6.45, 7) is 3.63. The van der Waals surface area contributed by atoms with Gasteiger partial charge in [-0.05, 0) is 15.7 Å². The Morgan fingerprint density at radius 1 is 1.20 bits per heavy atom. The van der Waals surface area contributed by atoms with Crippen LogP contribution in [0.3, 0.4) is 0 Å². The molecule has 0 bridgehead atoms. The molecule has 0 unspecified atom stereocenters. The molecule has 0 fully saturated rings. The number of rotatable bonds is 1. The fourth-order valence-corrected chi connectivity index (χ4v) is 0.589. The Labute approximate surface area is 73.9 Å². The molecule has 0 aliphatic rings. The monoisotopic (exact) mass is 218 g/mol. The van der Waals surface area contributed by atoms with E-state index in [9.17, 15) is 0 Å². The van der Waals surface area contributed by atoms with Crippen LogP contribution >= 0.6 is 25.1 Å². The Balaban J connectivity index is 0.000000371. The third-order valence-electron chi connectivity index (χ3n) is 1.04. The third kappa shape index (κ3) is 3.70. The first-order valence-electron chi connectivity index (χ1n) is 2.75. The van der Waals surface area contributed by atoms with E-state index in [1.165, 1.54) is 5.56 Å². The van der Waals surface area contributed by atoms with Crippen LogP contribution in [0.4, 0.5) is 0 Å². The van der Waals surface area contributed by atoms with Crippen molar-refractivity contribution in [2.45, 2.75) is 0 Å². The van der Waals surface area contributed by atoms with Crippen LogP contribution in [0.25, 0.3) is 6.08 Å². The third-order valence-corrected chi connectivity index (χ3v) is 1.04. The summed E-state index contributed by atoms with van der Waals surface area (Å²) in [5, 5.41) is 0. The molecule has 0 aliphatic carbocycles. The molecule has 0 radical (unpaired) electrons. The second-order valence-electron chi connectivity index (χ2n) is 1.61. The fourth-order valence-electron chi connectivity index (χ4n) is 0.589. The fraction of sp³-hybridized carbons (Fsp3) is 0. The normalized spacial score (nSPS) is 7.40. The molecule has 0 saturated heterocycles. The Morgan fingerprint density at radius 2 is 1.70 bits per heavy atom. The Bertz CT molecular complexity index is 172. The SMILES string of the molecule is C=Cc1ccccc1.ClBr. The van der Waals surface area contributed by atoms with Gasteiger partial charge in [-0.25, -0.2) is 0 Å². The quantitative estimate of drug-likeness (QED) is 0.673. The lowest BCUT2D eigenvalue weighted by molar-refractivity contribution is 1.67. The Morgan fingerprint density at radius 3 is 2.00 bits per heavy atom. The zero-order valence-corrected chi connectivity index (χ0v) is 7.77. The highest BCUT2D eigenvalue weighted by molar-refractivity contribution is 9.22. The summed E-state index contributed by atoms with van der Waals surface area (Å²) >= 11 is 2.41. The molecule has 0 spiro atoms. The highest BCUT2D eigenvalue weighted by Gasteiger charge is 1.75. The van der Waals surface area contributed by atoms with Crippen LogP contribution < -0.4 is 0 Å². The summed E-state index contributed by atoms with van der Waals surface area (Å²) in [5.41, 5.74) is 1.17. The van der Waals surface area contributed by atoms with E-state index >= 15 is 0 Å². The van der Waals surface area contributed by atoms with Crippen molar-refractivity contribution in [2.24, 2.45) is 0 Å². The van der Waals surface area contributed by atoms with Gasteiger partial charge in [0.1, 0.15) is 0 Å². The van der Waals surface area contributed by atoms with Crippen molar-refractivity contribution in [2.75, 3.05) is 0 Å².